The molecule has 0 saturated heterocycles. The van der Waals surface area contributed by atoms with Crippen molar-refractivity contribution in [3.63, 3.8) is 0 Å². The lowest BCUT2D eigenvalue weighted by Gasteiger charge is -2.37. The first-order valence-electron chi connectivity index (χ1n) is 10.3. The van der Waals surface area contributed by atoms with Gasteiger partial charge in [0, 0.05) is 22.2 Å². The Morgan fingerprint density at radius 2 is 1.80 bits per heavy atom. The van der Waals surface area contributed by atoms with Gasteiger partial charge in [-0.25, -0.2) is 0 Å². The van der Waals surface area contributed by atoms with Crippen molar-refractivity contribution in [2.75, 3.05) is 5.32 Å². The number of ketones is 1. The van der Waals surface area contributed by atoms with Gasteiger partial charge in [0.1, 0.15) is 0 Å². The molecule has 1 aliphatic carbocycles. The third-order valence-corrected chi connectivity index (χ3v) is 6.36. The Labute approximate surface area is 181 Å². The first-order chi connectivity index (χ1) is 14.7. The number of allylic oxidation sites excluding steroid dienone is 3. The number of nitrogens with one attached hydrogen (secondary N) is 1. The lowest BCUT2D eigenvalue weighted by atomic mass is 9.76. The average molecular weight is 412 g/mol. The van der Waals surface area contributed by atoms with Crippen molar-refractivity contribution < 1.29 is 4.79 Å². The molecule has 3 heteroatoms. The zero-order chi connectivity index (χ0) is 20.5. The Morgan fingerprint density at radius 3 is 2.60 bits per heavy atom. The highest BCUT2D eigenvalue weighted by atomic mass is 35.5. The first-order valence-corrected chi connectivity index (χ1v) is 10.7. The molecule has 0 fully saturated rings. The van der Waals surface area contributed by atoms with Gasteiger partial charge in [-0.3, -0.25) is 4.79 Å². The van der Waals surface area contributed by atoms with Crippen LogP contribution in [0.5, 0.6) is 0 Å². The van der Waals surface area contributed by atoms with E-state index in [-0.39, 0.29) is 11.8 Å². The van der Waals surface area contributed by atoms with Crippen LogP contribution in [0.4, 0.5) is 5.69 Å². The number of carbonyl (C=O) groups is 1. The molecule has 148 valence electrons. The molecule has 0 bridgehead atoms. The molecule has 0 radical (unpaired) electrons. The minimum absolute atomic E-state index is 0.0278. The minimum atomic E-state index is 0.0278. The van der Waals surface area contributed by atoms with Crippen molar-refractivity contribution in [3.05, 3.63) is 118 Å². The summed E-state index contributed by atoms with van der Waals surface area (Å²) >= 11 is 6.08. The maximum atomic E-state index is 12.8. The standard InChI is InChI=1S/C27H22ClNO/c28-21-13-10-19(11-14-21)27-23-8-4-7-22(23)24-17-20(12-15-25(24)29-27)26(30)16-9-18-5-2-1-3-6-18/h1-7,9-17,22-23,27,29H,8H2/b16-9+/t22-,23+,27+/m1/s1. The number of hydrogen-bond acceptors (Lipinski definition) is 2. The molecule has 0 aromatic heterocycles. The summed E-state index contributed by atoms with van der Waals surface area (Å²) in [6.07, 6.45) is 9.11. The molecule has 0 saturated carbocycles. The van der Waals surface area contributed by atoms with Crippen molar-refractivity contribution >= 4 is 29.1 Å². The van der Waals surface area contributed by atoms with E-state index in [0.29, 0.717) is 11.8 Å². The molecule has 1 heterocycles. The SMILES string of the molecule is O=C(/C=C/c1ccccc1)c1ccc2c(c1)[C@@H]1C=CC[C@@H]1[C@H](c1ccc(Cl)cc1)N2. The van der Waals surface area contributed by atoms with Crippen LogP contribution in [0.1, 0.15) is 45.4 Å². The Morgan fingerprint density at radius 1 is 1.00 bits per heavy atom. The molecular weight excluding hydrogens is 390 g/mol. The van der Waals surface area contributed by atoms with Gasteiger partial charge >= 0.3 is 0 Å². The molecule has 2 aliphatic rings. The van der Waals surface area contributed by atoms with Gasteiger partial charge in [-0.15, -0.1) is 0 Å². The zero-order valence-electron chi connectivity index (χ0n) is 16.5. The van der Waals surface area contributed by atoms with E-state index in [0.717, 1.165) is 28.3 Å². The number of fused-ring (bicyclic) bond motifs is 3. The predicted octanol–water partition coefficient (Wildman–Crippen LogP) is 7.06. The molecule has 5 rings (SSSR count). The molecule has 0 spiro atoms. The third-order valence-electron chi connectivity index (χ3n) is 6.10. The molecule has 1 N–H and O–H groups in total. The fourth-order valence-electron chi connectivity index (χ4n) is 4.58. The van der Waals surface area contributed by atoms with Gasteiger partial charge in [-0.05, 0) is 65.4 Å². The van der Waals surface area contributed by atoms with Gasteiger partial charge in [0.05, 0.1) is 6.04 Å². The average Bonchev–Trinajstić information content (AvgIpc) is 3.28. The lowest BCUT2D eigenvalue weighted by molar-refractivity contribution is 0.104. The van der Waals surface area contributed by atoms with Crippen molar-refractivity contribution in [1.82, 2.24) is 0 Å². The molecule has 3 aromatic rings. The van der Waals surface area contributed by atoms with E-state index in [1.54, 1.807) is 6.08 Å². The van der Waals surface area contributed by atoms with Gasteiger partial charge in [-0.1, -0.05) is 72.3 Å². The van der Waals surface area contributed by atoms with E-state index < -0.39 is 0 Å². The van der Waals surface area contributed by atoms with Crippen LogP contribution in [-0.2, 0) is 0 Å². The Kier molecular flexibility index (Phi) is 5.02. The number of anilines is 1. The summed E-state index contributed by atoms with van der Waals surface area (Å²) < 4.78 is 0. The number of carbonyl (C=O) groups excluding carboxylic acids is 1. The fourth-order valence-corrected chi connectivity index (χ4v) is 4.71. The molecule has 0 amide bonds. The van der Waals surface area contributed by atoms with Crippen molar-refractivity contribution in [2.45, 2.75) is 18.4 Å². The molecule has 1 aliphatic heterocycles. The summed E-state index contributed by atoms with van der Waals surface area (Å²) in [6.45, 7) is 0. The fraction of sp³-hybridized carbons (Fsp3) is 0.148. The second-order valence-corrected chi connectivity index (χ2v) is 8.37. The maximum Gasteiger partial charge on any atom is 0.185 e. The van der Waals surface area contributed by atoms with E-state index in [1.165, 1.54) is 11.1 Å². The highest BCUT2D eigenvalue weighted by Gasteiger charge is 2.38. The molecule has 3 atom stereocenters. The highest BCUT2D eigenvalue weighted by Crippen LogP contribution is 2.50. The molecule has 3 aromatic carbocycles. The first kappa shape index (κ1) is 18.9. The third kappa shape index (κ3) is 3.59. The number of benzene rings is 3. The van der Waals surface area contributed by atoms with Gasteiger partial charge in [0.2, 0.25) is 0 Å². The van der Waals surface area contributed by atoms with Crippen molar-refractivity contribution in [2.24, 2.45) is 5.92 Å². The van der Waals surface area contributed by atoms with E-state index in [9.17, 15) is 4.79 Å². The monoisotopic (exact) mass is 411 g/mol. The van der Waals surface area contributed by atoms with E-state index in [4.69, 9.17) is 11.6 Å². The summed E-state index contributed by atoms with van der Waals surface area (Å²) in [4.78, 5) is 12.8. The quantitative estimate of drug-likeness (QED) is 0.283. The molecule has 2 nitrogen and oxygen atoms in total. The van der Waals surface area contributed by atoms with E-state index >= 15 is 0 Å². The number of rotatable bonds is 4. The second-order valence-electron chi connectivity index (χ2n) is 7.94. The predicted molar refractivity (Wildman–Crippen MR) is 124 cm³/mol. The lowest BCUT2D eigenvalue weighted by Crippen LogP contribution is -2.29. The Bertz CT molecular complexity index is 1130. The normalized spacial score (nSPS) is 21.8. The topological polar surface area (TPSA) is 29.1 Å². The Hall–Kier alpha value is -3.10. The Balaban J connectivity index is 1.44. The van der Waals surface area contributed by atoms with E-state index in [2.05, 4.69) is 35.7 Å². The van der Waals surface area contributed by atoms with Crippen LogP contribution in [0, 0.1) is 5.92 Å². The van der Waals surface area contributed by atoms with Crippen LogP contribution in [-0.4, -0.2) is 5.78 Å². The van der Waals surface area contributed by atoms with Crippen LogP contribution in [0.25, 0.3) is 6.08 Å². The van der Waals surface area contributed by atoms with Crippen LogP contribution >= 0.6 is 11.6 Å². The highest BCUT2D eigenvalue weighted by molar-refractivity contribution is 6.30. The van der Waals surface area contributed by atoms with Crippen LogP contribution in [0.15, 0.2) is 91.0 Å². The largest absolute Gasteiger partial charge is 0.378 e. The van der Waals surface area contributed by atoms with Gasteiger partial charge in [-0.2, -0.15) is 0 Å². The summed E-state index contributed by atoms with van der Waals surface area (Å²) in [5.74, 6) is 0.775. The number of halogens is 1. The van der Waals surface area contributed by atoms with Crippen LogP contribution in [0.3, 0.4) is 0 Å². The summed E-state index contributed by atoms with van der Waals surface area (Å²) in [7, 11) is 0. The zero-order valence-corrected chi connectivity index (χ0v) is 17.2. The van der Waals surface area contributed by atoms with Crippen molar-refractivity contribution in [3.8, 4) is 0 Å². The van der Waals surface area contributed by atoms with Crippen LogP contribution in [0.2, 0.25) is 5.02 Å². The minimum Gasteiger partial charge on any atom is -0.378 e. The van der Waals surface area contributed by atoms with Gasteiger partial charge < -0.3 is 5.32 Å². The van der Waals surface area contributed by atoms with Gasteiger partial charge in [0.15, 0.2) is 5.78 Å². The molecule has 0 unspecified atom stereocenters. The molecule has 30 heavy (non-hydrogen) atoms. The maximum absolute atomic E-state index is 12.8. The van der Waals surface area contributed by atoms with Crippen molar-refractivity contribution in [1.29, 1.82) is 0 Å². The number of hydrogen-bond donors (Lipinski definition) is 1. The summed E-state index contributed by atoms with van der Waals surface area (Å²) in [5, 5.41) is 4.47. The van der Waals surface area contributed by atoms with E-state index in [1.807, 2.05) is 60.7 Å². The smallest absolute Gasteiger partial charge is 0.185 e. The summed E-state index contributed by atoms with van der Waals surface area (Å²) in [6, 6.07) is 24.3. The van der Waals surface area contributed by atoms with Gasteiger partial charge in [0.25, 0.3) is 0 Å². The second kappa shape index (κ2) is 7.97. The molecular formula is C27H22ClNO. The van der Waals surface area contributed by atoms with Crippen LogP contribution < -0.4 is 5.32 Å². The summed E-state index contributed by atoms with van der Waals surface area (Å²) in [5.41, 5.74) is 5.31.